The van der Waals surface area contributed by atoms with Crippen LogP contribution in [0, 0.1) is 6.92 Å². The lowest BCUT2D eigenvalue weighted by Crippen LogP contribution is -2.32. The maximum absolute atomic E-state index is 10.4. The molecular formula is C8H11NO2S. The summed E-state index contributed by atoms with van der Waals surface area (Å²) < 4.78 is 0. The minimum atomic E-state index is -0.944. The molecule has 3 nitrogen and oxygen atoms in total. The molecule has 0 aliphatic heterocycles. The molecule has 12 heavy (non-hydrogen) atoms. The van der Waals surface area contributed by atoms with Crippen LogP contribution >= 0.6 is 11.3 Å². The Balaban J connectivity index is 2.64. The molecule has 0 fully saturated rings. The van der Waals surface area contributed by atoms with Crippen molar-refractivity contribution in [3.63, 3.8) is 0 Å². The number of carboxylic acid groups (broad SMARTS) is 1. The van der Waals surface area contributed by atoms with E-state index in [1.165, 1.54) is 0 Å². The van der Waals surface area contributed by atoms with Crippen LogP contribution in [-0.2, 0) is 11.2 Å². The van der Waals surface area contributed by atoms with Gasteiger partial charge < -0.3 is 10.8 Å². The fraction of sp³-hybridized carbons (Fsp3) is 0.375. The lowest BCUT2D eigenvalue weighted by molar-refractivity contribution is -0.138. The van der Waals surface area contributed by atoms with Crippen LogP contribution in [0.15, 0.2) is 10.8 Å². The lowest BCUT2D eigenvalue weighted by atomic mass is 10.1. The first-order valence-electron chi connectivity index (χ1n) is 3.61. The molecule has 0 saturated carbocycles. The zero-order chi connectivity index (χ0) is 9.14. The number of aryl methyl sites for hydroxylation is 1. The van der Waals surface area contributed by atoms with Gasteiger partial charge in [-0.15, -0.1) is 0 Å². The van der Waals surface area contributed by atoms with Crippen LogP contribution < -0.4 is 5.73 Å². The van der Waals surface area contributed by atoms with Crippen molar-refractivity contribution in [3.05, 3.63) is 21.9 Å². The van der Waals surface area contributed by atoms with E-state index in [1.807, 2.05) is 17.7 Å². The fourth-order valence-electron chi connectivity index (χ4n) is 0.920. The normalized spacial score (nSPS) is 12.8. The van der Waals surface area contributed by atoms with Crippen molar-refractivity contribution in [2.75, 3.05) is 0 Å². The molecule has 1 unspecified atom stereocenters. The third-order valence-corrected chi connectivity index (χ3v) is 2.63. The third kappa shape index (κ3) is 2.06. The molecular weight excluding hydrogens is 174 g/mol. The molecule has 0 spiro atoms. The van der Waals surface area contributed by atoms with Crippen molar-refractivity contribution in [1.82, 2.24) is 0 Å². The van der Waals surface area contributed by atoms with Gasteiger partial charge in [-0.1, -0.05) is 0 Å². The van der Waals surface area contributed by atoms with Crippen LogP contribution in [0.2, 0.25) is 0 Å². The van der Waals surface area contributed by atoms with E-state index in [2.05, 4.69) is 0 Å². The van der Waals surface area contributed by atoms with E-state index >= 15 is 0 Å². The van der Waals surface area contributed by atoms with Gasteiger partial charge in [-0.3, -0.25) is 4.79 Å². The summed E-state index contributed by atoms with van der Waals surface area (Å²) in [5.41, 5.74) is 7.54. The molecule has 0 aliphatic rings. The van der Waals surface area contributed by atoms with Gasteiger partial charge in [0.2, 0.25) is 0 Å². The zero-order valence-corrected chi connectivity index (χ0v) is 7.60. The highest BCUT2D eigenvalue weighted by Crippen LogP contribution is 2.14. The second-order valence-electron chi connectivity index (χ2n) is 2.73. The van der Waals surface area contributed by atoms with Gasteiger partial charge in [0.15, 0.2) is 0 Å². The Morgan fingerprint density at radius 2 is 2.42 bits per heavy atom. The molecule has 0 saturated heterocycles. The standard InChI is InChI=1S/C8H11NO2S/c1-5-3-12-4-6(5)2-7(9)8(10)11/h3-4,7H,2,9H2,1H3,(H,10,11). The maximum atomic E-state index is 10.4. The highest BCUT2D eigenvalue weighted by atomic mass is 32.1. The molecule has 4 heteroatoms. The Bertz CT molecular complexity index is 282. The minimum absolute atomic E-state index is 0.421. The van der Waals surface area contributed by atoms with E-state index in [-0.39, 0.29) is 0 Å². The molecule has 1 heterocycles. The minimum Gasteiger partial charge on any atom is -0.480 e. The SMILES string of the molecule is Cc1cscc1CC(N)C(=O)O. The van der Waals surface area contributed by atoms with Gasteiger partial charge >= 0.3 is 5.97 Å². The summed E-state index contributed by atoms with van der Waals surface area (Å²) in [7, 11) is 0. The molecule has 1 rings (SSSR count). The van der Waals surface area contributed by atoms with Crippen molar-refractivity contribution < 1.29 is 9.90 Å². The van der Waals surface area contributed by atoms with Gasteiger partial charge in [0.25, 0.3) is 0 Å². The van der Waals surface area contributed by atoms with Crippen molar-refractivity contribution in [2.24, 2.45) is 5.73 Å². The monoisotopic (exact) mass is 185 g/mol. The lowest BCUT2D eigenvalue weighted by Gasteiger charge is -2.04. The van der Waals surface area contributed by atoms with E-state index in [0.717, 1.165) is 11.1 Å². The van der Waals surface area contributed by atoms with Gasteiger partial charge in [0, 0.05) is 0 Å². The number of carboxylic acids is 1. The fourth-order valence-corrected chi connectivity index (χ4v) is 1.79. The Kier molecular flexibility index (Phi) is 2.83. The molecule has 0 amide bonds. The van der Waals surface area contributed by atoms with Crippen molar-refractivity contribution in [1.29, 1.82) is 0 Å². The van der Waals surface area contributed by atoms with E-state index in [4.69, 9.17) is 10.8 Å². The number of carbonyl (C=O) groups is 1. The molecule has 0 radical (unpaired) electrons. The Morgan fingerprint density at radius 1 is 1.75 bits per heavy atom. The van der Waals surface area contributed by atoms with Gasteiger partial charge in [-0.25, -0.2) is 0 Å². The smallest absolute Gasteiger partial charge is 0.320 e. The first kappa shape index (κ1) is 9.22. The topological polar surface area (TPSA) is 63.3 Å². The summed E-state index contributed by atoms with van der Waals surface area (Å²) in [4.78, 5) is 10.4. The average Bonchev–Trinajstić information content (AvgIpc) is 2.36. The molecule has 1 aromatic heterocycles. The summed E-state index contributed by atoms with van der Waals surface area (Å²) in [6, 6.07) is -0.779. The number of nitrogens with two attached hydrogens (primary N) is 1. The first-order chi connectivity index (χ1) is 5.61. The summed E-state index contributed by atoms with van der Waals surface area (Å²) in [5.74, 6) is -0.944. The van der Waals surface area contributed by atoms with Crippen LogP contribution in [-0.4, -0.2) is 17.1 Å². The number of hydrogen-bond donors (Lipinski definition) is 2. The summed E-state index contributed by atoms with van der Waals surface area (Å²) in [5, 5.41) is 12.5. The van der Waals surface area contributed by atoms with Gasteiger partial charge in [0.1, 0.15) is 6.04 Å². The summed E-state index contributed by atoms with van der Waals surface area (Å²) in [6.45, 7) is 1.96. The maximum Gasteiger partial charge on any atom is 0.320 e. The van der Waals surface area contributed by atoms with E-state index in [9.17, 15) is 4.79 Å². The van der Waals surface area contributed by atoms with Crippen molar-refractivity contribution in [2.45, 2.75) is 19.4 Å². The first-order valence-corrected chi connectivity index (χ1v) is 4.55. The molecule has 66 valence electrons. The van der Waals surface area contributed by atoms with Crippen molar-refractivity contribution >= 4 is 17.3 Å². The molecule has 0 aromatic carbocycles. The van der Waals surface area contributed by atoms with Gasteiger partial charge in [0.05, 0.1) is 0 Å². The van der Waals surface area contributed by atoms with Crippen molar-refractivity contribution in [3.8, 4) is 0 Å². The molecule has 1 aromatic rings. The van der Waals surface area contributed by atoms with Crippen LogP contribution in [0.4, 0.5) is 0 Å². The predicted octanol–water partition coefficient (Wildman–Crippen LogP) is 1.01. The van der Waals surface area contributed by atoms with Gasteiger partial charge in [-0.2, -0.15) is 11.3 Å². The van der Waals surface area contributed by atoms with E-state index < -0.39 is 12.0 Å². The van der Waals surface area contributed by atoms with E-state index in [1.54, 1.807) is 11.3 Å². The predicted molar refractivity (Wildman–Crippen MR) is 48.4 cm³/mol. The number of hydrogen-bond acceptors (Lipinski definition) is 3. The average molecular weight is 185 g/mol. The molecule has 0 bridgehead atoms. The Hall–Kier alpha value is -0.870. The Labute approximate surface area is 74.8 Å². The summed E-state index contributed by atoms with van der Waals surface area (Å²) in [6.07, 6.45) is 0.421. The third-order valence-electron chi connectivity index (χ3n) is 1.72. The molecule has 3 N–H and O–H groups in total. The summed E-state index contributed by atoms with van der Waals surface area (Å²) >= 11 is 1.57. The number of rotatable bonds is 3. The molecule has 0 aliphatic carbocycles. The zero-order valence-electron chi connectivity index (χ0n) is 6.78. The largest absolute Gasteiger partial charge is 0.480 e. The second kappa shape index (κ2) is 3.69. The number of thiophene rings is 1. The van der Waals surface area contributed by atoms with E-state index in [0.29, 0.717) is 6.42 Å². The highest BCUT2D eigenvalue weighted by molar-refractivity contribution is 7.08. The van der Waals surface area contributed by atoms with Crippen LogP contribution in [0.1, 0.15) is 11.1 Å². The molecule has 1 atom stereocenters. The van der Waals surface area contributed by atoms with Gasteiger partial charge in [-0.05, 0) is 35.2 Å². The second-order valence-corrected chi connectivity index (χ2v) is 3.47. The quantitative estimate of drug-likeness (QED) is 0.738. The van der Waals surface area contributed by atoms with Crippen LogP contribution in [0.5, 0.6) is 0 Å². The highest BCUT2D eigenvalue weighted by Gasteiger charge is 2.13. The Morgan fingerprint density at radius 3 is 2.83 bits per heavy atom. The van der Waals surface area contributed by atoms with Crippen LogP contribution in [0.25, 0.3) is 0 Å². The number of aliphatic carboxylic acids is 1. The van der Waals surface area contributed by atoms with Crippen LogP contribution in [0.3, 0.4) is 0 Å².